The van der Waals surface area contributed by atoms with Crippen molar-refractivity contribution in [2.75, 3.05) is 14.1 Å². The number of likely N-dealkylation sites (N-methyl/N-ethyl adjacent to an activating group) is 2. The van der Waals surface area contributed by atoms with Crippen LogP contribution < -0.4 is 15.4 Å². The Labute approximate surface area is 283 Å². The molecule has 9 nitrogen and oxygen atoms in total. The third kappa shape index (κ3) is 10.00. The van der Waals surface area contributed by atoms with Crippen molar-refractivity contribution in [2.24, 2.45) is 11.3 Å². The maximum Gasteiger partial charge on any atom is 0.264 e. The van der Waals surface area contributed by atoms with Crippen LogP contribution in [-0.2, 0) is 35.2 Å². The molecule has 2 aromatic rings. The Morgan fingerprint density at radius 3 is 1.79 bits per heavy atom. The second-order valence-corrected chi connectivity index (χ2v) is 17.0. The summed E-state index contributed by atoms with van der Waals surface area (Å²) in [5.74, 6) is -1.55. The number of amides is 3. The first-order valence-electron chi connectivity index (χ1n) is 16.1. The monoisotopic (exact) mass is 668 g/mol. The third-order valence-corrected chi connectivity index (χ3v) is 10.1. The first-order chi connectivity index (χ1) is 21.4. The molecule has 1 unspecified atom stereocenters. The molecule has 0 aliphatic heterocycles. The average Bonchev–Trinajstić information content (AvgIpc) is 2.97. The van der Waals surface area contributed by atoms with Gasteiger partial charge in [0.1, 0.15) is 6.04 Å². The summed E-state index contributed by atoms with van der Waals surface area (Å²) in [6.45, 7) is 21.1. The Morgan fingerprint density at radius 2 is 1.34 bits per heavy atom. The van der Waals surface area contributed by atoms with E-state index >= 15 is 0 Å². The van der Waals surface area contributed by atoms with E-state index in [0.717, 1.165) is 11.1 Å². The van der Waals surface area contributed by atoms with Gasteiger partial charge in [-0.25, -0.2) is 13.1 Å². The highest BCUT2D eigenvalue weighted by atomic mass is 32.2. The van der Waals surface area contributed by atoms with Crippen LogP contribution in [0.5, 0.6) is 0 Å². The van der Waals surface area contributed by atoms with Crippen LogP contribution in [0.15, 0.2) is 71.1 Å². The summed E-state index contributed by atoms with van der Waals surface area (Å²) in [7, 11) is -0.762. The standard InChI is InChI=1S/C37H56N4O5S/c1-24(2)29(23-25(3)32(42)40-47(45,46)28-21-19-26(20-22-28)35(4,5)6)41(13)34(44)31(36(7,8)9)39-33(43)30(38-12)37(10,11)27-17-15-14-16-18-27/h14-24,29-31,38H,1-13H3,(H,39,43)(H,40,42)/b25-23+/t29-,30-,31?/m1/s1. The lowest BCUT2D eigenvalue weighted by Crippen LogP contribution is -2.61. The third-order valence-electron chi connectivity index (χ3n) is 8.70. The molecule has 0 heterocycles. The van der Waals surface area contributed by atoms with Crippen LogP contribution in [0.1, 0.15) is 87.3 Å². The zero-order valence-corrected chi connectivity index (χ0v) is 31.3. The number of carbonyl (C=O) groups is 3. The molecule has 0 aliphatic carbocycles. The van der Waals surface area contributed by atoms with E-state index in [1.807, 2.05) is 99.6 Å². The number of hydrogen-bond acceptors (Lipinski definition) is 6. The van der Waals surface area contributed by atoms with Crippen LogP contribution in [0.2, 0.25) is 0 Å². The number of sulfonamides is 1. The zero-order chi connectivity index (χ0) is 36.1. The molecule has 3 N–H and O–H groups in total. The normalized spacial score (nSPS) is 15.1. The van der Waals surface area contributed by atoms with Crippen molar-refractivity contribution < 1.29 is 22.8 Å². The predicted octanol–water partition coefficient (Wildman–Crippen LogP) is 5.32. The SMILES string of the molecule is CN[C@H](C(=O)NC(C(=O)N(C)[C@H](/C=C(\C)C(=O)NS(=O)(=O)c1ccc(C(C)(C)C)cc1)C(C)C)C(C)(C)C)C(C)(C)c1ccccc1. The number of hydrogen-bond donors (Lipinski definition) is 3. The van der Waals surface area contributed by atoms with Crippen LogP contribution in [0, 0.1) is 11.3 Å². The van der Waals surface area contributed by atoms with Crippen LogP contribution in [0.4, 0.5) is 0 Å². The van der Waals surface area contributed by atoms with Gasteiger partial charge in [-0.15, -0.1) is 0 Å². The minimum Gasteiger partial charge on any atom is -0.342 e. The highest BCUT2D eigenvalue weighted by Crippen LogP contribution is 2.29. The lowest BCUT2D eigenvalue weighted by atomic mass is 9.76. The van der Waals surface area contributed by atoms with Crippen molar-refractivity contribution >= 4 is 27.7 Å². The van der Waals surface area contributed by atoms with Crippen molar-refractivity contribution in [3.63, 3.8) is 0 Å². The van der Waals surface area contributed by atoms with Gasteiger partial charge in [0.15, 0.2) is 0 Å². The molecule has 0 bridgehead atoms. The molecule has 0 saturated carbocycles. The number of benzene rings is 2. The second kappa shape index (κ2) is 15.2. The number of rotatable bonds is 12. The number of nitrogens with zero attached hydrogens (tertiary/aromatic N) is 1. The Morgan fingerprint density at radius 1 is 0.809 bits per heavy atom. The predicted molar refractivity (Wildman–Crippen MR) is 189 cm³/mol. The van der Waals surface area contributed by atoms with E-state index in [4.69, 9.17) is 0 Å². The van der Waals surface area contributed by atoms with E-state index in [0.29, 0.717) is 0 Å². The summed E-state index contributed by atoms with van der Waals surface area (Å²) in [6, 6.07) is 14.1. The van der Waals surface area contributed by atoms with Gasteiger partial charge in [-0.2, -0.15) is 0 Å². The molecule has 0 radical (unpaired) electrons. The molecule has 0 aromatic heterocycles. The fourth-order valence-corrected chi connectivity index (χ4v) is 6.58. The van der Waals surface area contributed by atoms with Gasteiger partial charge in [0.2, 0.25) is 11.8 Å². The van der Waals surface area contributed by atoms with Gasteiger partial charge in [0.25, 0.3) is 15.9 Å². The first kappa shape index (κ1) is 39.7. The molecule has 2 aromatic carbocycles. The van der Waals surface area contributed by atoms with Crippen molar-refractivity contribution in [3.8, 4) is 0 Å². The lowest BCUT2D eigenvalue weighted by Gasteiger charge is -2.40. The van der Waals surface area contributed by atoms with Gasteiger partial charge < -0.3 is 15.5 Å². The molecular weight excluding hydrogens is 612 g/mol. The Bertz CT molecular complexity index is 1530. The lowest BCUT2D eigenvalue weighted by molar-refractivity contribution is -0.140. The van der Waals surface area contributed by atoms with Gasteiger partial charge in [-0.1, -0.05) is 118 Å². The van der Waals surface area contributed by atoms with Crippen LogP contribution >= 0.6 is 0 Å². The minimum absolute atomic E-state index is 0.0153. The Hall–Kier alpha value is -3.50. The van der Waals surface area contributed by atoms with E-state index in [2.05, 4.69) is 15.4 Å². The van der Waals surface area contributed by atoms with Crippen LogP contribution in [-0.4, -0.2) is 63.3 Å². The smallest absolute Gasteiger partial charge is 0.264 e. The van der Waals surface area contributed by atoms with E-state index < -0.39 is 44.9 Å². The molecule has 0 aliphatic rings. The van der Waals surface area contributed by atoms with E-state index in [9.17, 15) is 22.8 Å². The molecule has 260 valence electrons. The minimum atomic E-state index is -4.12. The fourth-order valence-electron chi connectivity index (χ4n) is 5.56. The largest absolute Gasteiger partial charge is 0.342 e. The van der Waals surface area contributed by atoms with Gasteiger partial charge >= 0.3 is 0 Å². The Balaban J connectivity index is 2.32. The molecule has 2 rings (SSSR count). The highest BCUT2D eigenvalue weighted by Gasteiger charge is 2.41. The zero-order valence-electron chi connectivity index (χ0n) is 30.5. The quantitative estimate of drug-likeness (QED) is 0.263. The fraction of sp³-hybridized carbons (Fsp3) is 0.541. The average molecular weight is 669 g/mol. The molecule has 47 heavy (non-hydrogen) atoms. The van der Waals surface area contributed by atoms with E-state index in [-0.39, 0.29) is 33.6 Å². The maximum atomic E-state index is 14.1. The summed E-state index contributed by atoms with van der Waals surface area (Å²) >= 11 is 0. The maximum absolute atomic E-state index is 14.1. The highest BCUT2D eigenvalue weighted by molar-refractivity contribution is 7.90. The summed E-state index contributed by atoms with van der Waals surface area (Å²) in [4.78, 5) is 42.6. The number of carbonyl (C=O) groups excluding carboxylic acids is 3. The summed E-state index contributed by atoms with van der Waals surface area (Å²) in [5.41, 5.74) is 0.715. The van der Waals surface area contributed by atoms with E-state index in [1.165, 1.54) is 24.0 Å². The second-order valence-electron chi connectivity index (χ2n) is 15.4. The van der Waals surface area contributed by atoms with Crippen molar-refractivity contribution in [3.05, 3.63) is 77.4 Å². The topological polar surface area (TPSA) is 125 Å². The van der Waals surface area contributed by atoms with Gasteiger partial charge in [0.05, 0.1) is 17.0 Å². The molecule has 10 heteroatoms. The molecule has 3 amide bonds. The molecule has 0 saturated heterocycles. The van der Waals surface area contributed by atoms with E-state index in [1.54, 1.807) is 32.3 Å². The van der Waals surface area contributed by atoms with Crippen molar-refractivity contribution in [2.45, 2.75) is 110 Å². The Kier molecular flexibility index (Phi) is 12.8. The first-order valence-corrected chi connectivity index (χ1v) is 17.6. The van der Waals surface area contributed by atoms with Crippen LogP contribution in [0.25, 0.3) is 0 Å². The summed E-state index contributed by atoms with van der Waals surface area (Å²) < 4.78 is 28.2. The van der Waals surface area contributed by atoms with Crippen LogP contribution in [0.3, 0.4) is 0 Å². The summed E-state index contributed by atoms with van der Waals surface area (Å²) in [6.07, 6.45) is 1.60. The molecule has 0 fully saturated rings. The van der Waals surface area contributed by atoms with Gasteiger partial charge in [0, 0.05) is 18.0 Å². The van der Waals surface area contributed by atoms with Crippen molar-refractivity contribution in [1.29, 1.82) is 0 Å². The molecule has 3 atom stereocenters. The van der Waals surface area contributed by atoms with Crippen molar-refractivity contribution in [1.82, 2.24) is 20.3 Å². The van der Waals surface area contributed by atoms with Gasteiger partial charge in [-0.3, -0.25) is 14.4 Å². The number of nitrogens with one attached hydrogen (secondary N) is 3. The summed E-state index contributed by atoms with van der Waals surface area (Å²) in [5, 5.41) is 6.17. The molecule has 0 spiro atoms. The van der Waals surface area contributed by atoms with Gasteiger partial charge in [-0.05, 0) is 54.0 Å². The molecular formula is C37H56N4O5S.